The van der Waals surface area contributed by atoms with Gasteiger partial charge in [0.1, 0.15) is 11.5 Å². The summed E-state index contributed by atoms with van der Waals surface area (Å²) in [5.41, 5.74) is 1.42. The maximum Gasteiger partial charge on any atom is 0.295 e. The molecule has 4 rings (SSSR count). The molecule has 0 bridgehead atoms. The van der Waals surface area contributed by atoms with Crippen LogP contribution in [0.3, 0.4) is 0 Å². The van der Waals surface area contributed by atoms with Gasteiger partial charge in [0, 0.05) is 12.1 Å². The van der Waals surface area contributed by atoms with E-state index in [1.165, 1.54) is 0 Å². The number of fused-ring (bicyclic) bond motifs is 1. The molecule has 5 nitrogen and oxygen atoms in total. The van der Waals surface area contributed by atoms with Crippen LogP contribution >= 0.6 is 0 Å². The fourth-order valence-corrected chi connectivity index (χ4v) is 4.27. The molecule has 0 saturated carbocycles. The summed E-state index contributed by atoms with van der Waals surface area (Å²) >= 11 is 0. The zero-order valence-electron chi connectivity index (χ0n) is 19.1. The third kappa shape index (κ3) is 4.49. The number of rotatable bonds is 8. The summed E-state index contributed by atoms with van der Waals surface area (Å²) in [4.78, 5) is 27.5. The Hall–Kier alpha value is -3.60. The van der Waals surface area contributed by atoms with Gasteiger partial charge in [-0.15, -0.1) is 0 Å². The van der Waals surface area contributed by atoms with Crippen LogP contribution in [-0.2, 0) is 9.59 Å². The Labute approximate surface area is 194 Å². The van der Waals surface area contributed by atoms with Gasteiger partial charge in [-0.25, -0.2) is 0 Å². The highest BCUT2D eigenvalue weighted by Gasteiger charge is 2.45. The molecule has 1 aliphatic heterocycles. The highest BCUT2D eigenvalue weighted by molar-refractivity contribution is 6.46. The molecule has 1 aliphatic rings. The predicted octanol–water partition coefficient (Wildman–Crippen LogP) is 5.85. The van der Waals surface area contributed by atoms with Gasteiger partial charge in [0.05, 0.1) is 18.2 Å². The van der Waals surface area contributed by atoms with Crippen LogP contribution < -0.4 is 4.74 Å². The van der Waals surface area contributed by atoms with E-state index in [1.54, 1.807) is 11.0 Å². The Morgan fingerprint density at radius 3 is 2.36 bits per heavy atom. The number of carbonyl (C=O) groups is 2. The number of aliphatic hydroxyl groups is 1. The van der Waals surface area contributed by atoms with Crippen LogP contribution in [0.4, 0.5) is 0 Å². The molecule has 1 atom stereocenters. The minimum Gasteiger partial charge on any atom is -0.507 e. The van der Waals surface area contributed by atoms with E-state index in [0.717, 1.165) is 34.9 Å². The monoisotopic (exact) mass is 443 g/mol. The van der Waals surface area contributed by atoms with E-state index in [9.17, 15) is 14.7 Å². The van der Waals surface area contributed by atoms with Gasteiger partial charge in [-0.1, -0.05) is 68.8 Å². The smallest absolute Gasteiger partial charge is 0.295 e. The number of ether oxygens (including phenoxy) is 1. The molecule has 1 heterocycles. The van der Waals surface area contributed by atoms with Crippen molar-refractivity contribution >= 4 is 28.2 Å². The first-order valence-electron chi connectivity index (χ1n) is 11.6. The summed E-state index contributed by atoms with van der Waals surface area (Å²) in [7, 11) is 0. The lowest BCUT2D eigenvalue weighted by Crippen LogP contribution is -2.30. The van der Waals surface area contributed by atoms with E-state index in [1.807, 2.05) is 67.6 Å². The van der Waals surface area contributed by atoms with Gasteiger partial charge in [-0.2, -0.15) is 0 Å². The lowest BCUT2D eigenvalue weighted by atomic mass is 9.94. The summed E-state index contributed by atoms with van der Waals surface area (Å²) in [6, 6.07) is 20.2. The van der Waals surface area contributed by atoms with Crippen LogP contribution in [0.1, 0.15) is 50.3 Å². The molecule has 1 amide bonds. The number of carbonyl (C=O) groups excluding carboxylic acids is 2. The quantitative estimate of drug-likeness (QED) is 0.205. The van der Waals surface area contributed by atoms with E-state index in [2.05, 4.69) is 6.92 Å². The van der Waals surface area contributed by atoms with Crippen molar-refractivity contribution in [3.8, 4) is 5.75 Å². The van der Waals surface area contributed by atoms with E-state index >= 15 is 0 Å². The average molecular weight is 444 g/mol. The Bertz CT molecular complexity index is 1200. The maximum atomic E-state index is 13.1. The minimum absolute atomic E-state index is 0.128. The SMILES string of the molecule is CCCCOc1ccc(C2/C(=C(/O)c3ccc4ccccc4c3)C(=O)C(=O)N2CCC)cc1. The minimum atomic E-state index is -0.651. The fraction of sp³-hybridized carbons (Fsp3) is 0.286. The third-order valence-corrected chi connectivity index (χ3v) is 5.99. The highest BCUT2D eigenvalue weighted by Crippen LogP contribution is 2.40. The topological polar surface area (TPSA) is 66.8 Å². The number of likely N-dealkylation sites (tertiary alicyclic amines) is 1. The van der Waals surface area contributed by atoms with Crippen molar-refractivity contribution in [2.24, 2.45) is 0 Å². The second-order valence-corrected chi connectivity index (χ2v) is 8.33. The highest BCUT2D eigenvalue weighted by atomic mass is 16.5. The van der Waals surface area contributed by atoms with Crippen molar-refractivity contribution in [3.63, 3.8) is 0 Å². The summed E-state index contributed by atoms with van der Waals surface area (Å²) in [5, 5.41) is 13.2. The van der Waals surface area contributed by atoms with Crippen molar-refractivity contribution in [2.45, 2.75) is 39.2 Å². The Morgan fingerprint density at radius 1 is 0.939 bits per heavy atom. The number of hydrogen-bond donors (Lipinski definition) is 1. The molecular weight excluding hydrogens is 414 g/mol. The Morgan fingerprint density at radius 2 is 1.67 bits per heavy atom. The first kappa shape index (κ1) is 22.6. The standard InChI is InChI=1S/C28H29NO4/c1-3-5-17-33-23-14-12-20(13-15-23)25-24(27(31)28(32)29(25)16-4-2)26(30)22-11-10-19-8-6-7-9-21(19)18-22/h6-15,18,25,30H,3-5,16-17H2,1-2H3/b26-24-. The second kappa shape index (κ2) is 9.90. The lowest BCUT2D eigenvalue weighted by molar-refractivity contribution is -0.139. The number of hydrogen-bond acceptors (Lipinski definition) is 4. The average Bonchev–Trinajstić information content (AvgIpc) is 3.09. The van der Waals surface area contributed by atoms with Gasteiger partial charge in [-0.05, 0) is 47.4 Å². The molecular formula is C28H29NO4. The van der Waals surface area contributed by atoms with E-state index < -0.39 is 17.7 Å². The second-order valence-electron chi connectivity index (χ2n) is 8.33. The van der Waals surface area contributed by atoms with Gasteiger partial charge in [0.25, 0.3) is 11.7 Å². The van der Waals surface area contributed by atoms with E-state index in [-0.39, 0.29) is 11.3 Å². The number of aliphatic hydroxyl groups excluding tert-OH is 1. The fourth-order valence-electron chi connectivity index (χ4n) is 4.27. The van der Waals surface area contributed by atoms with Crippen LogP contribution in [0.5, 0.6) is 5.75 Å². The first-order valence-corrected chi connectivity index (χ1v) is 11.6. The molecule has 1 unspecified atom stereocenters. The molecule has 3 aromatic carbocycles. The zero-order chi connectivity index (χ0) is 23.4. The number of ketones is 1. The molecule has 5 heteroatoms. The summed E-state index contributed by atoms with van der Waals surface area (Å²) < 4.78 is 5.76. The summed E-state index contributed by atoms with van der Waals surface area (Å²) in [5.74, 6) is -0.630. The first-order chi connectivity index (χ1) is 16.0. The molecule has 1 saturated heterocycles. The Balaban J connectivity index is 1.76. The molecule has 170 valence electrons. The number of nitrogens with zero attached hydrogens (tertiary/aromatic N) is 1. The molecule has 33 heavy (non-hydrogen) atoms. The van der Waals surface area contributed by atoms with Crippen LogP contribution in [0.25, 0.3) is 16.5 Å². The van der Waals surface area contributed by atoms with E-state index in [4.69, 9.17) is 4.74 Å². The number of Topliss-reactive ketones (excluding diaryl/α,β-unsaturated/α-hetero) is 1. The van der Waals surface area contributed by atoms with E-state index in [0.29, 0.717) is 25.1 Å². The molecule has 0 spiro atoms. The predicted molar refractivity (Wildman–Crippen MR) is 130 cm³/mol. The molecule has 0 aromatic heterocycles. The van der Waals surface area contributed by atoms with Crippen LogP contribution in [-0.4, -0.2) is 34.8 Å². The zero-order valence-corrected chi connectivity index (χ0v) is 19.1. The number of benzene rings is 3. The van der Waals surface area contributed by atoms with Crippen LogP contribution in [0.15, 0.2) is 72.3 Å². The number of unbranched alkanes of at least 4 members (excludes halogenated alkanes) is 1. The van der Waals surface area contributed by atoms with Gasteiger partial charge in [0.15, 0.2) is 0 Å². The van der Waals surface area contributed by atoms with Gasteiger partial charge < -0.3 is 14.7 Å². The molecule has 0 radical (unpaired) electrons. The van der Waals surface area contributed by atoms with Crippen molar-refractivity contribution in [1.82, 2.24) is 4.90 Å². The molecule has 0 aliphatic carbocycles. The third-order valence-electron chi connectivity index (χ3n) is 5.99. The van der Waals surface area contributed by atoms with Crippen molar-refractivity contribution < 1.29 is 19.4 Å². The van der Waals surface area contributed by atoms with Crippen molar-refractivity contribution in [2.75, 3.05) is 13.2 Å². The summed E-state index contributed by atoms with van der Waals surface area (Å²) in [6.07, 6.45) is 2.74. The van der Waals surface area contributed by atoms with Crippen molar-refractivity contribution in [1.29, 1.82) is 0 Å². The van der Waals surface area contributed by atoms with Crippen LogP contribution in [0, 0.1) is 0 Å². The summed E-state index contributed by atoms with van der Waals surface area (Å²) in [6.45, 7) is 5.15. The van der Waals surface area contributed by atoms with Crippen molar-refractivity contribution in [3.05, 3.63) is 83.4 Å². The largest absolute Gasteiger partial charge is 0.507 e. The molecule has 1 fully saturated rings. The normalized spacial score (nSPS) is 17.6. The molecule has 1 N–H and O–H groups in total. The maximum absolute atomic E-state index is 13.1. The lowest BCUT2D eigenvalue weighted by Gasteiger charge is -2.25. The van der Waals surface area contributed by atoms with Gasteiger partial charge in [0.2, 0.25) is 0 Å². The Kier molecular flexibility index (Phi) is 6.78. The van der Waals surface area contributed by atoms with Gasteiger partial charge in [-0.3, -0.25) is 9.59 Å². The number of amides is 1. The molecule has 3 aromatic rings. The van der Waals surface area contributed by atoms with Crippen LogP contribution in [0.2, 0.25) is 0 Å². The van der Waals surface area contributed by atoms with Gasteiger partial charge >= 0.3 is 0 Å².